The molecule has 1 saturated heterocycles. The molecule has 3 aromatic rings. The summed E-state index contributed by atoms with van der Waals surface area (Å²) in [5.74, 6) is 2.86. The van der Waals surface area contributed by atoms with Crippen molar-refractivity contribution in [2.45, 2.75) is 38.0 Å². The summed E-state index contributed by atoms with van der Waals surface area (Å²) in [7, 11) is 0. The number of fused-ring (bicyclic) bond motifs is 1. The van der Waals surface area contributed by atoms with Crippen molar-refractivity contribution in [1.82, 2.24) is 14.5 Å². The molecule has 1 aliphatic rings. The summed E-state index contributed by atoms with van der Waals surface area (Å²) in [4.78, 5) is 21.0. The van der Waals surface area contributed by atoms with Crippen LogP contribution in [0.2, 0.25) is 0 Å². The van der Waals surface area contributed by atoms with E-state index in [1.165, 1.54) is 25.4 Å². The Kier molecular flexibility index (Phi) is 5.89. The molecule has 0 saturated carbocycles. The number of ether oxygens (including phenoxy) is 1. The van der Waals surface area contributed by atoms with Crippen molar-refractivity contribution in [1.29, 1.82) is 0 Å². The van der Waals surface area contributed by atoms with Crippen LogP contribution in [-0.4, -0.2) is 27.7 Å². The van der Waals surface area contributed by atoms with Gasteiger partial charge in [0.1, 0.15) is 18.2 Å². The van der Waals surface area contributed by atoms with Crippen LogP contribution in [0.5, 0.6) is 0 Å². The molecule has 1 N–H and O–H groups in total. The van der Waals surface area contributed by atoms with E-state index in [9.17, 15) is 18.0 Å². The number of rotatable bonds is 4. The van der Waals surface area contributed by atoms with Crippen molar-refractivity contribution < 1.29 is 17.9 Å². The summed E-state index contributed by atoms with van der Waals surface area (Å²) in [5.41, 5.74) is -0.124. The fourth-order valence-electron chi connectivity index (χ4n) is 4.03. The zero-order valence-corrected chi connectivity index (χ0v) is 17.3. The van der Waals surface area contributed by atoms with Gasteiger partial charge in [0.2, 0.25) is 0 Å². The minimum Gasteiger partial charge on any atom is -0.381 e. The number of pyridine rings is 1. The highest BCUT2D eigenvalue weighted by atomic mass is 19.4. The first-order chi connectivity index (χ1) is 15.3. The molecule has 9 heteroatoms. The van der Waals surface area contributed by atoms with Gasteiger partial charge in [-0.15, -0.1) is 6.42 Å². The maximum absolute atomic E-state index is 13.4. The molecule has 3 heterocycles. The van der Waals surface area contributed by atoms with Gasteiger partial charge in [0.25, 0.3) is 5.56 Å². The number of anilines is 1. The van der Waals surface area contributed by atoms with Gasteiger partial charge >= 0.3 is 6.18 Å². The number of hydrogen-bond acceptors (Lipinski definition) is 5. The molecule has 1 fully saturated rings. The van der Waals surface area contributed by atoms with E-state index in [1.807, 2.05) is 0 Å². The van der Waals surface area contributed by atoms with Crippen LogP contribution in [0.25, 0.3) is 10.9 Å². The zero-order valence-electron chi connectivity index (χ0n) is 17.3. The lowest BCUT2D eigenvalue weighted by Crippen LogP contribution is -2.28. The Morgan fingerprint density at radius 2 is 2.03 bits per heavy atom. The predicted molar refractivity (Wildman–Crippen MR) is 114 cm³/mol. The fraction of sp³-hybridized carbons (Fsp3) is 0.348. The molecule has 32 heavy (non-hydrogen) atoms. The third-order valence-electron chi connectivity index (χ3n) is 5.72. The van der Waals surface area contributed by atoms with E-state index < -0.39 is 17.8 Å². The Hall–Kier alpha value is -3.38. The highest BCUT2D eigenvalue weighted by Crippen LogP contribution is 2.35. The molecular formula is C23H21F3N4O2. The molecule has 166 valence electrons. The molecule has 1 aromatic carbocycles. The minimum absolute atomic E-state index is 0.0113. The SMILES string of the molecule is C#C[C@@H](Nc1ncnc2cc(=O)n(C3CCOCC3)cc12)c1cccc(C(F)(F)F)c1C. The standard InChI is InChI=1S/C23H21F3N4O2/c1-3-19(16-5-4-6-18(14(16)2)23(24,25)26)29-22-17-12-30(15-7-9-32-10-8-15)21(31)11-20(17)27-13-28-22/h1,4-6,11-13,15,19H,7-10H2,2H3,(H,27,28,29)/t19-/m1/s1. The monoisotopic (exact) mass is 442 g/mol. The van der Waals surface area contributed by atoms with Gasteiger partial charge in [-0.3, -0.25) is 4.79 Å². The van der Waals surface area contributed by atoms with Gasteiger partial charge in [0.05, 0.1) is 16.5 Å². The van der Waals surface area contributed by atoms with Crippen molar-refractivity contribution in [3.63, 3.8) is 0 Å². The van der Waals surface area contributed by atoms with Crippen LogP contribution in [0, 0.1) is 19.3 Å². The van der Waals surface area contributed by atoms with E-state index in [4.69, 9.17) is 11.2 Å². The van der Waals surface area contributed by atoms with Crippen molar-refractivity contribution >= 4 is 16.7 Å². The summed E-state index contributed by atoms with van der Waals surface area (Å²) >= 11 is 0. The Morgan fingerprint density at radius 1 is 1.28 bits per heavy atom. The van der Waals surface area contributed by atoms with Crippen molar-refractivity contribution in [3.05, 3.63) is 63.8 Å². The van der Waals surface area contributed by atoms with E-state index in [2.05, 4.69) is 21.2 Å². The lowest BCUT2D eigenvalue weighted by Gasteiger charge is -2.25. The topological polar surface area (TPSA) is 69.0 Å². The van der Waals surface area contributed by atoms with E-state index in [0.29, 0.717) is 48.3 Å². The number of nitrogens with zero attached hydrogens (tertiary/aromatic N) is 3. The van der Waals surface area contributed by atoms with Crippen LogP contribution < -0.4 is 10.9 Å². The number of terminal acetylenes is 1. The van der Waals surface area contributed by atoms with Gasteiger partial charge in [0.15, 0.2) is 0 Å². The minimum atomic E-state index is -4.49. The molecule has 0 spiro atoms. The van der Waals surface area contributed by atoms with Crippen LogP contribution in [0.3, 0.4) is 0 Å². The summed E-state index contributed by atoms with van der Waals surface area (Å²) in [6.45, 7) is 2.53. The maximum Gasteiger partial charge on any atom is 0.416 e. The summed E-state index contributed by atoms with van der Waals surface area (Å²) < 4.78 is 47.1. The molecular weight excluding hydrogens is 421 g/mol. The smallest absolute Gasteiger partial charge is 0.381 e. The zero-order chi connectivity index (χ0) is 22.9. The number of benzene rings is 1. The van der Waals surface area contributed by atoms with Gasteiger partial charge < -0.3 is 14.6 Å². The van der Waals surface area contributed by atoms with Crippen LogP contribution in [0.15, 0.2) is 41.6 Å². The largest absolute Gasteiger partial charge is 0.416 e. The summed E-state index contributed by atoms with van der Waals surface area (Å²) in [6.07, 6.45) is 5.59. The normalized spacial score (nSPS) is 16.0. The van der Waals surface area contributed by atoms with Crippen molar-refractivity contribution in [3.8, 4) is 12.3 Å². The number of hydrogen-bond donors (Lipinski definition) is 1. The van der Waals surface area contributed by atoms with Crippen LogP contribution >= 0.6 is 0 Å². The Balaban J connectivity index is 1.75. The van der Waals surface area contributed by atoms with Gasteiger partial charge in [-0.05, 0) is 37.0 Å². The Labute approximate surface area is 182 Å². The maximum atomic E-state index is 13.4. The van der Waals surface area contributed by atoms with Gasteiger partial charge in [-0.1, -0.05) is 18.1 Å². The van der Waals surface area contributed by atoms with Crippen molar-refractivity contribution in [2.75, 3.05) is 18.5 Å². The fourth-order valence-corrected chi connectivity index (χ4v) is 4.03. The molecule has 4 rings (SSSR count). The van der Waals surface area contributed by atoms with E-state index in [-0.39, 0.29) is 17.2 Å². The molecule has 0 radical (unpaired) electrons. The van der Waals surface area contributed by atoms with Crippen LogP contribution in [0.1, 0.15) is 41.6 Å². The molecule has 1 atom stereocenters. The van der Waals surface area contributed by atoms with E-state index in [0.717, 1.165) is 6.07 Å². The van der Waals surface area contributed by atoms with E-state index in [1.54, 1.807) is 16.8 Å². The number of halogens is 3. The highest BCUT2D eigenvalue weighted by molar-refractivity contribution is 5.88. The molecule has 0 unspecified atom stereocenters. The lowest BCUT2D eigenvalue weighted by molar-refractivity contribution is -0.138. The third-order valence-corrected chi connectivity index (χ3v) is 5.72. The van der Waals surface area contributed by atoms with Gasteiger partial charge in [-0.25, -0.2) is 9.97 Å². The quantitative estimate of drug-likeness (QED) is 0.612. The second kappa shape index (κ2) is 8.63. The molecule has 0 aliphatic carbocycles. The van der Waals surface area contributed by atoms with Crippen LogP contribution in [-0.2, 0) is 10.9 Å². The predicted octanol–water partition coefficient (Wildman–Crippen LogP) is 4.26. The summed E-state index contributed by atoms with van der Waals surface area (Å²) in [5, 5.41) is 3.62. The Morgan fingerprint density at radius 3 is 2.72 bits per heavy atom. The van der Waals surface area contributed by atoms with Gasteiger partial charge in [-0.2, -0.15) is 13.2 Å². The molecule has 0 bridgehead atoms. The molecule has 0 amide bonds. The average molecular weight is 442 g/mol. The second-order valence-electron chi connectivity index (χ2n) is 7.65. The summed E-state index contributed by atoms with van der Waals surface area (Å²) in [6, 6.07) is 4.47. The molecule has 6 nitrogen and oxygen atoms in total. The first-order valence-electron chi connectivity index (χ1n) is 10.1. The first kappa shape index (κ1) is 21.8. The Bertz CT molecular complexity index is 1240. The first-order valence-corrected chi connectivity index (χ1v) is 10.1. The van der Waals surface area contributed by atoms with Crippen LogP contribution in [0.4, 0.5) is 19.0 Å². The molecule has 2 aromatic heterocycles. The number of alkyl halides is 3. The van der Waals surface area contributed by atoms with Crippen molar-refractivity contribution in [2.24, 2.45) is 0 Å². The second-order valence-corrected chi connectivity index (χ2v) is 7.65. The lowest BCUT2D eigenvalue weighted by atomic mass is 9.96. The third kappa shape index (κ3) is 4.18. The highest BCUT2D eigenvalue weighted by Gasteiger charge is 2.33. The number of aromatic nitrogens is 3. The average Bonchev–Trinajstić information content (AvgIpc) is 2.77. The van der Waals surface area contributed by atoms with E-state index >= 15 is 0 Å². The van der Waals surface area contributed by atoms with Gasteiger partial charge in [0, 0.05) is 31.5 Å². The number of nitrogens with one attached hydrogen (secondary N) is 1. The molecule has 1 aliphatic heterocycles.